The Labute approximate surface area is 146 Å². The number of benzene rings is 2. The minimum Gasteiger partial charge on any atom is -0.379 e. The SMILES string of the molecule is Cc1ccccc1-n1c(CN2CCOCC2)nc2ccccc2c1=O. The summed E-state index contributed by atoms with van der Waals surface area (Å²) in [6.45, 7) is 5.82. The van der Waals surface area contributed by atoms with Crippen molar-refractivity contribution in [2.45, 2.75) is 13.5 Å². The maximum atomic E-state index is 13.2. The molecule has 5 nitrogen and oxygen atoms in total. The molecule has 1 fully saturated rings. The third-order valence-corrected chi connectivity index (χ3v) is 4.67. The Hall–Kier alpha value is -2.50. The number of fused-ring (bicyclic) bond motifs is 1. The van der Waals surface area contributed by atoms with E-state index in [0.29, 0.717) is 11.9 Å². The molecule has 0 bridgehead atoms. The topological polar surface area (TPSA) is 47.4 Å². The number of morpholine rings is 1. The first kappa shape index (κ1) is 16.0. The molecule has 4 rings (SSSR count). The van der Waals surface area contributed by atoms with Crippen LogP contribution in [0.25, 0.3) is 16.6 Å². The van der Waals surface area contributed by atoms with Gasteiger partial charge in [0, 0.05) is 13.1 Å². The zero-order valence-corrected chi connectivity index (χ0v) is 14.3. The Morgan fingerprint density at radius 3 is 2.56 bits per heavy atom. The van der Waals surface area contributed by atoms with Crippen LogP contribution in [0, 0.1) is 6.92 Å². The number of hydrogen-bond acceptors (Lipinski definition) is 4. The van der Waals surface area contributed by atoms with Gasteiger partial charge in [0.05, 0.1) is 36.3 Å². The van der Waals surface area contributed by atoms with Crippen molar-refractivity contribution in [3.63, 3.8) is 0 Å². The Bertz CT molecular complexity index is 959. The molecule has 3 aromatic rings. The average Bonchev–Trinajstić information content (AvgIpc) is 2.64. The molecular formula is C20H21N3O2. The molecule has 2 heterocycles. The van der Waals surface area contributed by atoms with E-state index in [1.165, 1.54) is 0 Å². The number of ether oxygens (including phenoxy) is 1. The number of rotatable bonds is 3. The molecule has 0 aliphatic carbocycles. The van der Waals surface area contributed by atoms with Gasteiger partial charge in [-0.15, -0.1) is 0 Å². The number of aryl methyl sites for hydroxylation is 1. The molecule has 1 aliphatic heterocycles. The summed E-state index contributed by atoms with van der Waals surface area (Å²) in [5.41, 5.74) is 2.70. The first-order valence-electron chi connectivity index (χ1n) is 8.61. The fourth-order valence-electron chi connectivity index (χ4n) is 3.31. The maximum Gasteiger partial charge on any atom is 0.266 e. The summed E-state index contributed by atoms with van der Waals surface area (Å²) >= 11 is 0. The molecule has 128 valence electrons. The second-order valence-corrected chi connectivity index (χ2v) is 6.36. The smallest absolute Gasteiger partial charge is 0.266 e. The number of aromatic nitrogens is 2. The highest BCUT2D eigenvalue weighted by atomic mass is 16.5. The Balaban J connectivity index is 1.91. The fourth-order valence-corrected chi connectivity index (χ4v) is 3.31. The van der Waals surface area contributed by atoms with Gasteiger partial charge in [-0.2, -0.15) is 0 Å². The van der Waals surface area contributed by atoms with Crippen LogP contribution in [0.15, 0.2) is 53.3 Å². The summed E-state index contributed by atoms with van der Waals surface area (Å²) in [6.07, 6.45) is 0. The van der Waals surface area contributed by atoms with E-state index in [1.807, 2.05) is 55.5 Å². The van der Waals surface area contributed by atoms with Gasteiger partial charge in [0.1, 0.15) is 5.82 Å². The van der Waals surface area contributed by atoms with Crippen molar-refractivity contribution in [1.82, 2.24) is 14.5 Å². The maximum absolute atomic E-state index is 13.2. The predicted molar refractivity (Wildman–Crippen MR) is 98.2 cm³/mol. The van der Waals surface area contributed by atoms with Crippen LogP contribution in [-0.4, -0.2) is 40.8 Å². The van der Waals surface area contributed by atoms with Crippen LogP contribution in [0.5, 0.6) is 0 Å². The second-order valence-electron chi connectivity index (χ2n) is 6.36. The van der Waals surface area contributed by atoms with E-state index in [-0.39, 0.29) is 5.56 Å². The van der Waals surface area contributed by atoms with Crippen LogP contribution >= 0.6 is 0 Å². The molecule has 0 atom stereocenters. The largest absolute Gasteiger partial charge is 0.379 e. The zero-order valence-electron chi connectivity index (χ0n) is 14.3. The van der Waals surface area contributed by atoms with Crippen molar-refractivity contribution in [2.75, 3.05) is 26.3 Å². The van der Waals surface area contributed by atoms with Gasteiger partial charge in [-0.1, -0.05) is 30.3 Å². The lowest BCUT2D eigenvalue weighted by Gasteiger charge is -2.27. The predicted octanol–water partition coefficient (Wildman–Crippen LogP) is 2.53. The van der Waals surface area contributed by atoms with Crippen LogP contribution in [0.4, 0.5) is 0 Å². The van der Waals surface area contributed by atoms with Gasteiger partial charge >= 0.3 is 0 Å². The monoisotopic (exact) mass is 335 g/mol. The Morgan fingerprint density at radius 2 is 1.76 bits per heavy atom. The van der Waals surface area contributed by atoms with E-state index in [9.17, 15) is 4.79 Å². The molecule has 1 saturated heterocycles. The van der Waals surface area contributed by atoms with E-state index in [2.05, 4.69) is 4.90 Å². The molecular weight excluding hydrogens is 314 g/mol. The molecule has 2 aromatic carbocycles. The van der Waals surface area contributed by atoms with Gasteiger partial charge in [-0.25, -0.2) is 4.98 Å². The van der Waals surface area contributed by atoms with E-state index in [0.717, 1.165) is 48.9 Å². The summed E-state index contributed by atoms with van der Waals surface area (Å²) in [5.74, 6) is 0.778. The van der Waals surface area contributed by atoms with Crippen LogP contribution in [0.3, 0.4) is 0 Å². The number of nitrogens with zero attached hydrogens (tertiary/aromatic N) is 3. The lowest BCUT2D eigenvalue weighted by molar-refractivity contribution is 0.0327. The van der Waals surface area contributed by atoms with Crippen LogP contribution < -0.4 is 5.56 Å². The molecule has 25 heavy (non-hydrogen) atoms. The summed E-state index contributed by atoms with van der Waals surface area (Å²) in [6, 6.07) is 15.5. The standard InChI is InChI=1S/C20H21N3O2/c1-15-6-2-5-9-18(15)23-19(14-22-10-12-25-13-11-22)21-17-8-4-3-7-16(17)20(23)24/h2-9H,10-14H2,1H3. The highest BCUT2D eigenvalue weighted by Crippen LogP contribution is 2.17. The zero-order chi connectivity index (χ0) is 17.2. The Kier molecular flexibility index (Phi) is 4.34. The quantitative estimate of drug-likeness (QED) is 0.738. The fraction of sp³-hybridized carbons (Fsp3) is 0.300. The summed E-state index contributed by atoms with van der Waals surface area (Å²) in [7, 11) is 0. The number of hydrogen-bond donors (Lipinski definition) is 0. The molecule has 0 unspecified atom stereocenters. The van der Waals surface area contributed by atoms with Crippen LogP contribution in [0.2, 0.25) is 0 Å². The first-order valence-corrected chi connectivity index (χ1v) is 8.61. The molecule has 1 aromatic heterocycles. The average molecular weight is 335 g/mol. The molecule has 0 saturated carbocycles. The highest BCUT2D eigenvalue weighted by molar-refractivity contribution is 5.77. The van der Waals surface area contributed by atoms with E-state index < -0.39 is 0 Å². The van der Waals surface area contributed by atoms with Crippen LogP contribution in [-0.2, 0) is 11.3 Å². The van der Waals surface area contributed by atoms with Gasteiger partial charge in [0.2, 0.25) is 0 Å². The summed E-state index contributed by atoms with van der Waals surface area (Å²) < 4.78 is 7.21. The van der Waals surface area contributed by atoms with E-state index >= 15 is 0 Å². The normalized spacial score (nSPS) is 15.6. The lowest BCUT2D eigenvalue weighted by atomic mass is 10.1. The van der Waals surface area contributed by atoms with Crippen molar-refractivity contribution in [3.8, 4) is 5.69 Å². The van der Waals surface area contributed by atoms with Crippen molar-refractivity contribution in [2.24, 2.45) is 0 Å². The van der Waals surface area contributed by atoms with Crippen molar-refractivity contribution in [3.05, 3.63) is 70.3 Å². The third kappa shape index (κ3) is 3.08. The van der Waals surface area contributed by atoms with Crippen LogP contribution in [0.1, 0.15) is 11.4 Å². The van der Waals surface area contributed by atoms with Gasteiger partial charge in [0.15, 0.2) is 0 Å². The molecule has 5 heteroatoms. The molecule has 0 N–H and O–H groups in total. The molecule has 0 radical (unpaired) electrons. The van der Waals surface area contributed by atoms with Crippen molar-refractivity contribution < 1.29 is 4.74 Å². The minimum atomic E-state index is -0.0110. The number of para-hydroxylation sites is 2. The highest BCUT2D eigenvalue weighted by Gasteiger charge is 2.18. The van der Waals surface area contributed by atoms with Crippen molar-refractivity contribution >= 4 is 10.9 Å². The molecule has 0 amide bonds. The van der Waals surface area contributed by atoms with Gasteiger partial charge < -0.3 is 4.74 Å². The van der Waals surface area contributed by atoms with Crippen molar-refractivity contribution in [1.29, 1.82) is 0 Å². The van der Waals surface area contributed by atoms with E-state index in [1.54, 1.807) is 4.57 Å². The lowest BCUT2D eigenvalue weighted by Crippen LogP contribution is -2.38. The van der Waals surface area contributed by atoms with Gasteiger partial charge in [0.25, 0.3) is 5.56 Å². The van der Waals surface area contributed by atoms with Gasteiger partial charge in [-0.3, -0.25) is 14.3 Å². The summed E-state index contributed by atoms with van der Waals surface area (Å²) in [4.78, 5) is 20.3. The minimum absolute atomic E-state index is 0.0110. The summed E-state index contributed by atoms with van der Waals surface area (Å²) in [5, 5.41) is 0.650. The first-order chi connectivity index (χ1) is 12.2. The van der Waals surface area contributed by atoms with E-state index in [4.69, 9.17) is 9.72 Å². The Morgan fingerprint density at radius 1 is 1.04 bits per heavy atom. The second kappa shape index (κ2) is 6.78. The third-order valence-electron chi connectivity index (χ3n) is 4.67. The molecule has 0 spiro atoms. The van der Waals surface area contributed by atoms with Gasteiger partial charge in [-0.05, 0) is 30.7 Å². The molecule has 1 aliphatic rings.